The summed E-state index contributed by atoms with van der Waals surface area (Å²) >= 11 is 0. The van der Waals surface area contributed by atoms with Gasteiger partial charge >= 0.3 is 0 Å². The smallest absolute Gasteiger partial charge is 0.275 e. The normalized spacial score (nSPS) is 12.1. The molecule has 0 aliphatic carbocycles. The van der Waals surface area contributed by atoms with Crippen molar-refractivity contribution in [1.29, 1.82) is 0 Å². The van der Waals surface area contributed by atoms with Crippen molar-refractivity contribution in [3.8, 4) is 11.4 Å². The molecule has 0 saturated heterocycles. The van der Waals surface area contributed by atoms with E-state index < -0.39 is 11.9 Å². The number of hydrazine groups is 1. The van der Waals surface area contributed by atoms with Gasteiger partial charge in [-0.3, -0.25) is 19.8 Å². The Hall–Kier alpha value is -3.38. The van der Waals surface area contributed by atoms with E-state index >= 15 is 0 Å². The monoisotopic (exact) mass is 446 g/mol. The number of carbonyl (C=O) groups is 3. The predicted octanol–water partition coefficient (Wildman–Crippen LogP) is -1.19. The lowest BCUT2D eigenvalue weighted by molar-refractivity contribution is -0.862. The first-order valence-corrected chi connectivity index (χ1v) is 10.4. The molecule has 1 aromatic heterocycles. The highest BCUT2D eigenvalue weighted by Gasteiger charge is 2.22. The molecular weight excluding hydrogens is 414 g/mol. The van der Waals surface area contributed by atoms with Gasteiger partial charge in [0, 0.05) is 12.1 Å². The number of unbranched alkanes of at least 4 members (excludes halogenated alkanes) is 1. The number of nitrogens with two attached hydrogens (primary N) is 1. The maximum atomic E-state index is 12.1. The summed E-state index contributed by atoms with van der Waals surface area (Å²) in [7, 11) is 5.66. The Labute approximate surface area is 187 Å². The van der Waals surface area contributed by atoms with Crippen LogP contribution in [0, 0.1) is 0 Å². The zero-order valence-electron chi connectivity index (χ0n) is 18.7. The van der Waals surface area contributed by atoms with Gasteiger partial charge in [-0.25, -0.2) is 5.84 Å². The zero-order chi connectivity index (χ0) is 23.6. The van der Waals surface area contributed by atoms with Crippen molar-refractivity contribution < 1.29 is 18.9 Å². The van der Waals surface area contributed by atoms with Gasteiger partial charge in [-0.05, 0) is 24.5 Å². The van der Waals surface area contributed by atoms with Crippen LogP contribution in [0.5, 0.6) is 0 Å². The summed E-state index contributed by atoms with van der Waals surface area (Å²) in [5.41, 5.74) is 2.91. The highest BCUT2D eigenvalue weighted by atomic mass is 16.2. The molecular formula is C20H32N9O3+. The van der Waals surface area contributed by atoms with E-state index in [0.29, 0.717) is 36.1 Å². The molecule has 0 aliphatic rings. The standard InChI is InChI=1S/C20H31N9O3/c1-29(2,3)14-18(31)23-16(20(32)24-21)11-7-8-12-22-17(30)13-28-26-19(25-27-28)15-9-5-4-6-10-15/h4-6,9-10,16H,7-8,11-14H2,1-3H3,(H4-,21,22,23,24,25,26,27,30,31,32)/p+1/t16-/m0/s1. The molecule has 2 aromatic rings. The van der Waals surface area contributed by atoms with Gasteiger partial charge < -0.3 is 15.1 Å². The number of hydrogen-bond donors (Lipinski definition) is 4. The minimum absolute atomic E-state index is 0.0425. The van der Waals surface area contributed by atoms with Gasteiger partial charge in [-0.1, -0.05) is 30.3 Å². The molecule has 0 spiro atoms. The highest BCUT2D eigenvalue weighted by molar-refractivity contribution is 5.87. The Morgan fingerprint density at radius 1 is 1.09 bits per heavy atom. The molecule has 0 fully saturated rings. The lowest BCUT2D eigenvalue weighted by Gasteiger charge is -2.24. The van der Waals surface area contributed by atoms with Crippen LogP contribution >= 0.6 is 0 Å². The van der Waals surface area contributed by atoms with E-state index in [1.54, 1.807) is 0 Å². The lowest BCUT2D eigenvalue weighted by atomic mass is 10.1. The van der Waals surface area contributed by atoms with E-state index in [9.17, 15) is 14.4 Å². The van der Waals surface area contributed by atoms with Crippen molar-refractivity contribution in [2.75, 3.05) is 34.2 Å². The van der Waals surface area contributed by atoms with E-state index in [0.717, 1.165) is 5.56 Å². The molecule has 5 N–H and O–H groups in total. The number of hydrogen-bond acceptors (Lipinski definition) is 7. The van der Waals surface area contributed by atoms with Gasteiger partial charge in [-0.2, -0.15) is 4.80 Å². The summed E-state index contributed by atoms with van der Waals surface area (Å²) < 4.78 is 0.447. The van der Waals surface area contributed by atoms with Crippen LogP contribution in [-0.4, -0.2) is 82.7 Å². The minimum Gasteiger partial charge on any atom is -0.354 e. The van der Waals surface area contributed by atoms with Crippen LogP contribution in [0.25, 0.3) is 11.4 Å². The third kappa shape index (κ3) is 8.78. The summed E-state index contributed by atoms with van der Waals surface area (Å²) in [4.78, 5) is 37.4. The average Bonchev–Trinajstić information content (AvgIpc) is 3.19. The van der Waals surface area contributed by atoms with Crippen LogP contribution in [0.2, 0.25) is 0 Å². The Bertz CT molecular complexity index is 893. The second kappa shape index (κ2) is 11.9. The third-order valence-electron chi connectivity index (χ3n) is 4.42. The fourth-order valence-electron chi connectivity index (χ4n) is 2.94. The Morgan fingerprint density at radius 2 is 1.81 bits per heavy atom. The third-order valence-corrected chi connectivity index (χ3v) is 4.42. The van der Waals surface area contributed by atoms with Crippen LogP contribution < -0.4 is 21.9 Å². The minimum atomic E-state index is -0.717. The Morgan fingerprint density at radius 3 is 2.47 bits per heavy atom. The number of quaternary nitrogens is 1. The van der Waals surface area contributed by atoms with Crippen molar-refractivity contribution in [2.45, 2.75) is 31.8 Å². The number of carbonyl (C=O) groups excluding carboxylic acids is 3. The van der Waals surface area contributed by atoms with Crippen LogP contribution in [0.15, 0.2) is 30.3 Å². The molecule has 12 heteroatoms. The van der Waals surface area contributed by atoms with E-state index in [4.69, 9.17) is 5.84 Å². The fraction of sp³-hybridized carbons (Fsp3) is 0.500. The molecule has 0 aliphatic heterocycles. The first kappa shape index (κ1) is 24.9. The Balaban J connectivity index is 1.71. The molecule has 1 heterocycles. The van der Waals surface area contributed by atoms with Crippen molar-refractivity contribution >= 4 is 17.7 Å². The lowest BCUT2D eigenvalue weighted by Crippen LogP contribution is -2.52. The number of tetrazole rings is 1. The molecule has 32 heavy (non-hydrogen) atoms. The molecule has 0 radical (unpaired) electrons. The van der Waals surface area contributed by atoms with Gasteiger partial charge in [0.2, 0.25) is 11.7 Å². The molecule has 0 unspecified atom stereocenters. The van der Waals surface area contributed by atoms with Gasteiger partial charge in [0.15, 0.2) is 6.54 Å². The van der Waals surface area contributed by atoms with E-state index in [1.165, 1.54) is 4.80 Å². The van der Waals surface area contributed by atoms with Crippen molar-refractivity contribution in [1.82, 2.24) is 36.3 Å². The maximum absolute atomic E-state index is 12.1. The molecule has 2 rings (SSSR count). The first-order chi connectivity index (χ1) is 15.2. The zero-order valence-corrected chi connectivity index (χ0v) is 18.7. The van der Waals surface area contributed by atoms with Crippen molar-refractivity contribution in [3.05, 3.63) is 30.3 Å². The van der Waals surface area contributed by atoms with E-state index in [2.05, 4.69) is 31.5 Å². The van der Waals surface area contributed by atoms with Crippen LogP contribution in [0.4, 0.5) is 0 Å². The number of nitrogens with zero attached hydrogens (tertiary/aromatic N) is 5. The van der Waals surface area contributed by atoms with Crippen molar-refractivity contribution in [2.24, 2.45) is 5.84 Å². The molecule has 3 amide bonds. The van der Waals surface area contributed by atoms with E-state index in [-0.39, 0.29) is 24.9 Å². The van der Waals surface area contributed by atoms with Gasteiger partial charge in [0.05, 0.1) is 21.1 Å². The molecule has 12 nitrogen and oxygen atoms in total. The van der Waals surface area contributed by atoms with Gasteiger partial charge in [0.25, 0.3) is 11.8 Å². The summed E-state index contributed by atoms with van der Waals surface area (Å²) in [5.74, 6) is 4.76. The number of aromatic nitrogens is 4. The summed E-state index contributed by atoms with van der Waals surface area (Å²) in [6.07, 6.45) is 1.65. The first-order valence-electron chi connectivity index (χ1n) is 10.4. The quantitative estimate of drug-likeness (QED) is 0.105. The predicted molar refractivity (Wildman–Crippen MR) is 117 cm³/mol. The summed E-state index contributed by atoms with van der Waals surface area (Å²) in [6.45, 7) is 0.620. The SMILES string of the molecule is C[N+](C)(C)CC(=O)N[C@@H](CCCCNC(=O)Cn1nnc(-c2ccccc2)n1)C(=O)NN. The fourth-order valence-corrected chi connectivity index (χ4v) is 2.94. The highest BCUT2D eigenvalue weighted by Crippen LogP contribution is 2.11. The molecule has 1 aromatic carbocycles. The molecule has 174 valence electrons. The van der Waals surface area contributed by atoms with Crippen LogP contribution in [0.3, 0.4) is 0 Å². The largest absolute Gasteiger partial charge is 0.354 e. The van der Waals surface area contributed by atoms with Gasteiger partial charge in [-0.15, -0.1) is 10.2 Å². The topological polar surface area (TPSA) is 157 Å². The number of amides is 3. The molecule has 1 atom stereocenters. The van der Waals surface area contributed by atoms with Crippen LogP contribution in [0.1, 0.15) is 19.3 Å². The van der Waals surface area contributed by atoms with Crippen LogP contribution in [-0.2, 0) is 20.9 Å². The number of nitrogens with one attached hydrogen (secondary N) is 3. The number of likely N-dealkylation sites (N-methyl/N-ethyl adjacent to an activating group) is 1. The second-order valence-electron chi connectivity index (χ2n) is 8.43. The molecule has 0 saturated carbocycles. The maximum Gasteiger partial charge on any atom is 0.275 e. The second-order valence-corrected chi connectivity index (χ2v) is 8.43. The summed E-state index contributed by atoms with van der Waals surface area (Å²) in [5, 5.41) is 17.6. The summed E-state index contributed by atoms with van der Waals surface area (Å²) in [6, 6.07) is 8.66. The molecule has 0 bridgehead atoms. The Kier molecular flexibility index (Phi) is 9.22. The average molecular weight is 447 g/mol. The van der Waals surface area contributed by atoms with Crippen molar-refractivity contribution in [3.63, 3.8) is 0 Å². The van der Waals surface area contributed by atoms with E-state index in [1.807, 2.05) is 51.5 Å². The van der Waals surface area contributed by atoms with Gasteiger partial charge in [0.1, 0.15) is 12.6 Å². The number of benzene rings is 1. The number of rotatable bonds is 12.